The maximum absolute atomic E-state index is 15.0. The van der Waals surface area contributed by atoms with E-state index in [2.05, 4.69) is 5.43 Å². The van der Waals surface area contributed by atoms with E-state index in [4.69, 9.17) is 22.3 Å². The van der Waals surface area contributed by atoms with Crippen molar-refractivity contribution >= 4 is 34.1 Å². The fraction of sp³-hybridized carbons (Fsp3) is 0.222. The standard InChI is InChI=1S/C27H26ClF2N5O2/c1-3-22(34(14-13-31)27(37)23-20(29)12-9-16(2)24(23)30)25-32-21-15-17(28)10-11-19(21)26(36)35(25)33-18-7-5-4-6-8-18/h4-12,15,22,33H,3,13-14,31H2,1-2H3. The third-order valence-corrected chi connectivity index (χ3v) is 6.30. The van der Waals surface area contributed by atoms with Crippen LogP contribution in [-0.2, 0) is 0 Å². The maximum atomic E-state index is 15.0. The summed E-state index contributed by atoms with van der Waals surface area (Å²) in [4.78, 5) is 33.2. The molecule has 3 aromatic carbocycles. The van der Waals surface area contributed by atoms with Gasteiger partial charge >= 0.3 is 0 Å². The second-order valence-electron chi connectivity index (χ2n) is 8.51. The number of carbonyl (C=O) groups is 1. The number of fused-ring (bicyclic) bond motifs is 1. The van der Waals surface area contributed by atoms with Crippen LogP contribution in [0, 0.1) is 18.6 Å². The number of nitrogens with one attached hydrogen (secondary N) is 1. The molecule has 0 spiro atoms. The zero-order valence-electron chi connectivity index (χ0n) is 20.3. The highest BCUT2D eigenvalue weighted by molar-refractivity contribution is 6.31. The molecule has 0 radical (unpaired) electrons. The molecule has 192 valence electrons. The molecule has 4 aromatic rings. The molecule has 3 N–H and O–H groups in total. The van der Waals surface area contributed by atoms with Crippen LogP contribution in [-0.4, -0.2) is 33.6 Å². The summed E-state index contributed by atoms with van der Waals surface area (Å²) >= 11 is 6.17. The van der Waals surface area contributed by atoms with Crippen LogP contribution in [0.4, 0.5) is 14.5 Å². The highest BCUT2D eigenvalue weighted by Gasteiger charge is 2.32. The van der Waals surface area contributed by atoms with E-state index in [0.29, 0.717) is 21.6 Å². The van der Waals surface area contributed by atoms with Gasteiger partial charge in [-0.3, -0.25) is 15.0 Å². The predicted octanol–water partition coefficient (Wildman–Crippen LogP) is 5.06. The number of nitrogens with two attached hydrogens (primary N) is 1. The van der Waals surface area contributed by atoms with Crippen LogP contribution < -0.4 is 16.7 Å². The number of anilines is 1. The zero-order valence-corrected chi connectivity index (χ0v) is 21.1. The van der Waals surface area contributed by atoms with Gasteiger partial charge in [0.2, 0.25) is 0 Å². The summed E-state index contributed by atoms with van der Waals surface area (Å²) in [7, 11) is 0. The molecule has 7 nitrogen and oxygen atoms in total. The van der Waals surface area contributed by atoms with Crippen LogP contribution in [0.25, 0.3) is 10.9 Å². The molecule has 0 aliphatic rings. The Hall–Kier alpha value is -3.82. The first-order chi connectivity index (χ1) is 17.8. The lowest BCUT2D eigenvalue weighted by Gasteiger charge is -2.32. The van der Waals surface area contributed by atoms with Gasteiger partial charge in [-0.1, -0.05) is 42.8 Å². The second kappa shape index (κ2) is 11.1. The number of rotatable bonds is 8. The number of nitrogens with zero attached hydrogens (tertiary/aromatic N) is 3. The van der Waals surface area contributed by atoms with Crippen LogP contribution in [0.3, 0.4) is 0 Å². The van der Waals surface area contributed by atoms with Crippen LogP contribution in [0.5, 0.6) is 0 Å². The largest absolute Gasteiger partial charge is 0.329 e. The minimum atomic E-state index is -0.983. The van der Waals surface area contributed by atoms with Gasteiger partial charge in [0.15, 0.2) is 5.82 Å². The number of benzene rings is 3. The highest BCUT2D eigenvalue weighted by Crippen LogP contribution is 2.28. The number of hydrogen-bond acceptors (Lipinski definition) is 5. The van der Waals surface area contributed by atoms with Gasteiger partial charge in [-0.2, -0.15) is 0 Å². The van der Waals surface area contributed by atoms with Crippen LogP contribution in [0.15, 0.2) is 65.5 Å². The van der Waals surface area contributed by atoms with Crippen molar-refractivity contribution in [1.29, 1.82) is 0 Å². The van der Waals surface area contributed by atoms with Crippen molar-refractivity contribution in [3.05, 3.63) is 105 Å². The lowest BCUT2D eigenvalue weighted by molar-refractivity contribution is 0.0655. The number of aromatic nitrogens is 2. The molecule has 1 amide bonds. The van der Waals surface area contributed by atoms with Gasteiger partial charge in [0.1, 0.15) is 17.2 Å². The van der Waals surface area contributed by atoms with Gasteiger partial charge in [-0.15, -0.1) is 0 Å². The Morgan fingerprint density at radius 3 is 2.57 bits per heavy atom. The molecule has 0 aliphatic carbocycles. The van der Waals surface area contributed by atoms with E-state index in [1.54, 1.807) is 49.4 Å². The maximum Gasteiger partial charge on any atom is 0.280 e. The lowest BCUT2D eigenvalue weighted by atomic mass is 10.1. The molecule has 1 heterocycles. The quantitative estimate of drug-likeness (QED) is 0.335. The average molecular weight is 526 g/mol. The monoisotopic (exact) mass is 525 g/mol. The molecule has 0 saturated carbocycles. The van der Waals surface area contributed by atoms with Crippen LogP contribution in [0.2, 0.25) is 5.02 Å². The molecule has 0 bridgehead atoms. The Labute approximate surface area is 217 Å². The van der Waals surface area contributed by atoms with Gasteiger partial charge in [0.05, 0.1) is 22.6 Å². The molecule has 0 saturated heterocycles. The van der Waals surface area contributed by atoms with E-state index in [0.717, 1.165) is 6.07 Å². The van der Waals surface area contributed by atoms with E-state index >= 15 is 0 Å². The van der Waals surface area contributed by atoms with E-state index < -0.39 is 34.7 Å². The van der Waals surface area contributed by atoms with Crippen molar-refractivity contribution in [2.45, 2.75) is 26.3 Å². The number of halogens is 3. The fourth-order valence-corrected chi connectivity index (χ4v) is 4.39. The number of carbonyl (C=O) groups excluding carboxylic acids is 1. The minimum absolute atomic E-state index is 0.0209. The van der Waals surface area contributed by atoms with E-state index in [9.17, 15) is 18.4 Å². The van der Waals surface area contributed by atoms with Crippen LogP contribution >= 0.6 is 11.6 Å². The summed E-state index contributed by atoms with van der Waals surface area (Å²) in [6.45, 7) is 3.23. The first-order valence-corrected chi connectivity index (χ1v) is 12.1. The van der Waals surface area contributed by atoms with Gasteiger partial charge in [0, 0.05) is 18.1 Å². The van der Waals surface area contributed by atoms with Crippen molar-refractivity contribution in [3.8, 4) is 0 Å². The van der Waals surface area contributed by atoms with Crippen molar-refractivity contribution in [2.75, 3.05) is 18.5 Å². The average Bonchev–Trinajstić information content (AvgIpc) is 2.88. The summed E-state index contributed by atoms with van der Waals surface area (Å²) < 4.78 is 30.9. The molecule has 0 fully saturated rings. The highest BCUT2D eigenvalue weighted by atomic mass is 35.5. The Morgan fingerprint density at radius 1 is 1.16 bits per heavy atom. The Kier molecular flexibility index (Phi) is 7.85. The first kappa shape index (κ1) is 26.2. The molecule has 1 unspecified atom stereocenters. The Morgan fingerprint density at radius 2 is 1.89 bits per heavy atom. The van der Waals surface area contributed by atoms with E-state index in [1.165, 1.54) is 22.6 Å². The first-order valence-electron chi connectivity index (χ1n) is 11.8. The molecule has 0 aliphatic heterocycles. The van der Waals surface area contributed by atoms with Gasteiger partial charge in [-0.05, 0) is 55.3 Å². The smallest absolute Gasteiger partial charge is 0.280 e. The van der Waals surface area contributed by atoms with Crippen molar-refractivity contribution < 1.29 is 13.6 Å². The minimum Gasteiger partial charge on any atom is -0.329 e. The van der Waals surface area contributed by atoms with Crippen molar-refractivity contribution in [3.63, 3.8) is 0 Å². The summed E-state index contributed by atoms with van der Waals surface area (Å²) in [5.41, 5.74) is 8.83. The van der Waals surface area contributed by atoms with Gasteiger partial charge in [-0.25, -0.2) is 18.4 Å². The van der Waals surface area contributed by atoms with Crippen LogP contribution in [0.1, 0.15) is 41.1 Å². The predicted molar refractivity (Wildman–Crippen MR) is 141 cm³/mol. The van der Waals surface area contributed by atoms with Crippen molar-refractivity contribution in [1.82, 2.24) is 14.6 Å². The Balaban J connectivity index is 1.93. The summed E-state index contributed by atoms with van der Waals surface area (Å²) in [6, 6.07) is 15.1. The topological polar surface area (TPSA) is 93.2 Å². The number of para-hydroxylation sites is 1. The van der Waals surface area contributed by atoms with E-state index in [1.807, 2.05) is 6.07 Å². The van der Waals surface area contributed by atoms with Crippen molar-refractivity contribution in [2.24, 2.45) is 5.73 Å². The number of aryl methyl sites for hydroxylation is 1. The molecule has 37 heavy (non-hydrogen) atoms. The van der Waals surface area contributed by atoms with Gasteiger partial charge < -0.3 is 10.6 Å². The lowest BCUT2D eigenvalue weighted by Crippen LogP contribution is -2.43. The molecular formula is C27H26ClF2N5O2. The third-order valence-electron chi connectivity index (χ3n) is 6.06. The second-order valence-corrected chi connectivity index (χ2v) is 8.95. The molecule has 10 heteroatoms. The third kappa shape index (κ3) is 5.19. The SMILES string of the molecule is CCC(c1nc2cc(Cl)ccc2c(=O)n1Nc1ccccc1)N(CCN)C(=O)c1c(F)ccc(C)c1F. The fourth-order valence-electron chi connectivity index (χ4n) is 4.23. The zero-order chi connectivity index (χ0) is 26.7. The Bertz CT molecular complexity index is 1510. The molecular weight excluding hydrogens is 500 g/mol. The summed E-state index contributed by atoms with van der Waals surface area (Å²) in [5.74, 6) is -2.65. The summed E-state index contributed by atoms with van der Waals surface area (Å²) in [6.07, 6.45) is 0.274. The normalized spacial score (nSPS) is 11.9. The molecule has 4 rings (SSSR count). The molecule has 1 atom stereocenters. The number of amides is 1. The summed E-state index contributed by atoms with van der Waals surface area (Å²) in [5, 5.41) is 0.685. The molecule has 1 aromatic heterocycles. The number of hydrogen-bond donors (Lipinski definition) is 2. The van der Waals surface area contributed by atoms with Gasteiger partial charge in [0.25, 0.3) is 11.5 Å². The van der Waals surface area contributed by atoms with E-state index in [-0.39, 0.29) is 30.9 Å².